The molecule has 2 aromatic rings. The number of ether oxygens (including phenoxy) is 1. The van der Waals surface area contributed by atoms with E-state index in [1.807, 2.05) is 12.1 Å². The zero-order valence-corrected chi connectivity index (χ0v) is 9.06. The van der Waals surface area contributed by atoms with Crippen LogP contribution in [-0.4, -0.2) is 18.3 Å². The van der Waals surface area contributed by atoms with Gasteiger partial charge >= 0.3 is 0 Å². The summed E-state index contributed by atoms with van der Waals surface area (Å²) in [5.41, 5.74) is 2.33. The quantitative estimate of drug-likeness (QED) is 0.767. The number of hydrogen-bond acceptors (Lipinski definition) is 2. The molecule has 2 heterocycles. The number of nitrogens with zero attached hydrogens (tertiary/aromatic N) is 1. The maximum absolute atomic E-state index is 5.39. The second-order valence-corrected chi connectivity index (χ2v) is 3.48. The summed E-state index contributed by atoms with van der Waals surface area (Å²) in [6.07, 6.45) is 1.69. The van der Waals surface area contributed by atoms with E-state index >= 15 is 0 Å². The van der Waals surface area contributed by atoms with Gasteiger partial charge in [0.1, 0.15) is 5.76 Å². The summed E-state index contributed by atoms with van der Waals surface area (Å²) in [4.78, 5) is 0. The Bertz CT molecular complexity index is 415. The molecule has 0 atom stereocenters. The molecule has 0 saturated heterocycles. The second kappa shape index (κ2) is 4.36. The molecule has 0 amide bonds. The fourth-order valence-electron chi connectivity index (χ4n) is 1.69. The van der Waals surface area contributed by atoms with Gasteiger partial charge in [-0.1, -0.05) is 0 Å². The van der Waals surface area contributed by atoms with Crippen molar-refractivity contribution in [3.05, 3.63) is 36.2 Å². The molecule has 0 bridgehead atoms. The molecule has 2 rings (SSSR count). The lowest BCUT2D eigenvalue weighted by atomic mass is 10.3. The second-order valence-electron chi connectivity index (χ2n) is 3.48. The van der Waals surface area contributed by atoms with Crippen molar-refractivity contribution in [1.82, 2.24) is 4.57 Å². The lowest BCUT2D eigenvalue weighted by Gasteiger charge is -2.09. The van der Waals surface area contributed by atoms with Crippen LogP contribution in [0.5, 0.6) is 0 Å². The van der Waals surface area contributed by atoms with Crippen LogP contribution in [0, 0.1) is 6.92 Å². The van der Waals surface area contributed by atoms with E-state index in [0.29, 0.717) is 6.61 Å². The molecule has 0 unspecified atom stereocenters. The molecule has 3 nitrogen and oxygen atoms in total. The molecule has 2 aromatic heterocycles. The summed E-state index contributed by atoms with van der Waals surface area (Å²) in [7, 11) is 1.71. The highest BCUT2D eigenvalue weighted by atomic mass is 16.5. The van der Waals surface area contributed by atoms with E-state index in [0.717, 1.165) is 18.0 Å². The van der Waals surface area contributed by atoms with Gasteiger partial charge in [0.15, 0.2) is 0 Å². The highest BCUT2D eigenvalue weighted by Gasteiger charge is 2.08. The number of furan rings is 1. The van der Waals surface area contributed by atoms with E-state index in [4.69, 9.17) is 9.15 Å². The van der Waals surface area contributed by atoms with Crippen LogP contribution >= 0.6 is 0 Å². The summed E-state index contributed by atoms with van der Waals surface area (Å²) in [5.74, 6) is 0.902. The average Bonchev–Trinajstić information content (AvgIpc) is 2.84. The topological polar surface area (TPSA) is 27.3 Å². The van der Waals surface area contributed by atoms with Gasteiger partial charge in [-0.15, -0.1) is 0 Å². The smallest absolute Gasteiger partial charge is 0.150 e. The lowest BCUT2D eigenvalue weighted by molar-refractivity contribution is 0.187. The van der Waals surface area contributed by atoms with E-state index in [9.17, 15) is 0 Å². The maximum Gasteiger partial charge on any atom is 0.150 e. The van der Waals surface area contributed by atoms with E-state index < -0.39 is 0 Å². The van der Waals surface area contributed by atoms with Crippen molar-refractivity contribution in [1.29, 1.82) is 0 Å². The van der Waals surface area contributed by atoms with Crippen LogP contribution in [0.3, 0.4) is 0 Å². The summed E-state index contributed by atoms with van der Waals surface area (Å²) >= 11 is 0. The first-order valence-electron chi connectivity index (χ1n) is 5.02. The Hall–Kier alpha value is -1.48. The Morgan fingerprint density at radius 3 is 2.87 bits per heavy atom. The summed E-state index contributed by atoms with van der Waals surface area (Å²) in [5, 5.41) is 0. The van der Waals surface area contributed by atoms with Crippen molar-refractivity contribution in [2.45, 2.75) is 13.5 Å². The van der Waals surface area contributed by atoms with Gasteiger partial charge in [-0.05, 0) is 31.2 Å². The first kappa shape index (κ1) is 10.1. The molecule has 0 spiro atoms. The minimum atomic E-state index is 0.712. The third-order valence-electron chi connectivity index (χ3n) is 2.49. The zero-order chi connectivity index (χ0) is 10.7. The molecule has 0 aromatic carbocycles. The Kier molecular flexibility index (Phi) is 2.92. The molecule has 0 N–H and O–H groups in total. The standard InChI is InChI=1S/C12H15NO2/c1-10-5-6-11(12-4-3-8-15-12)13(10)7-9-14-2/h3-6,8H,7,9H2,1-2H3. The van der Waals surface area contributed by atoms with Gasteiger partial charge in [0.05, 0.1) is 18.6 Å². The molecular weight excluding hydrogens is 190 g/mol. The fourth-order valence-corrected chi connectivity index (χ4v) is 1.69. The molecule has 0 fully saturated rings. The van der Waals surface area contributed by atoms with E-state index in [-0.39, 0.29) is 0 Å². The minimum Gasteiger partial charge on any atom is -0.463 e. The van der Waals surface area contributed by atoms with Gasteiger partial charge in [0.2, 0.25) is 0 Å². The van der Waals surface area contributed by atoms with Crippen LogP contribution in [-0.2, 0) is 11.3 Å². The molecule has 0 aliphatic carbocycles. The predicted molar refractivity (Wildman–Crippen MR) is 58.7 cm³/mol. The minimum absolute atomic E-state index is 0.712. The van der Waals surface area contributed by atoms with Crippen LogP contribution in [0.4, 0.5) is 0 Å². The van der Waals surface area contributed by atoms with Crippen LogP contribution in [0.1, 0.15) is 5.69 Å². The monoisotopic (exact) mass is 205 g/mol. The molecule has 3 heteroatoms. The molecular formula is C12H15NO2. The summed E-state index contributed by atoms with van der Waals surface area (Å²) in [6, 6.07) is 8.04. The van der Waals surface area contributed by atoms with E-state index in [2.05, 4.69) is 23.6 Å². The predicted octanol–water partition coefficient (Wildman–Crippen LogP) is 2.70. The highest BCUT2D eigenvalue weighted by Crippen LogP contribution is 2.22. The van der Waals surface area contributed by atoms with Crippen molar-refractivity contribution < 1.29 is 9.15 Å². The van der Waals surface area contributed by atoms with E-state index in [1.54, 1.807) is 13.4 Å². The van der Waals surface area contributed by atoms with Gasteiger partial charge in [-0.25, -0.2) is 0 Å². The third kappa shape index (κ3) is 1.97. The summed E-state index contributed by atoms with van der Waals surface area (Å²) < 4.78 is 12.7. The fraction of sp³-hybridized carbons (Fsp3) is 0.333. The number of aromatic nitrogens is 1. The Labute approximate surface area is 89.3 Å². The third-order valence-corrected chi connectivity index (χ3v) is 2.49. The van der Waals surface area contributed by atoms with Crippen molar-refractivity contribution >= 4 is 0 Å². The highest BCUT2D eigenvalue weighted by molar-refractivity contribution is 5.54. The van der Waals surface area contributed by atoms with Gasteiger partial charge in [0, 0.05) is 19.3 Å². The first-order chi connectivity index (χ1) is 7.33. The normalized spacial score (nSPS) is 10.8. The number of hydrogen-bond donors (Lipinski definition) is 0. The maximum atomic E-state index is 5.39. The van der Waals surface area contributed by atoms with Crippen molar-refractivity contribution in [3.8, 4) is 11.5 Å². The first-order valence-corrected chi connectivity index (χ1v) is 5.02. The van der Waals surface area contributed by atoms with Gasteiger partial charge in [0.25, 0.3) is 0 Å². The van der Waals surface area contributed by atoms with E-state index in [1.165, 1.54) is 5.69 Å². The largest absolute Gasteiger partial charge is 0.463 e. The van der Waals surface area contributed by atoms with Crippen LogP contribution in [0.2, 0.25) is 0 Å². The molecule has 0 saturated carbocycles. The van der Waals surface area contributed by atoms with Crippen LogP contribution in [0.25, 0.3) is 11.5 Å². The molecule has 15 heavy (non-hydrogen) atoms. The number of methoxy groups -OCH3 is 1. The SMILES string of the molecule is COCCn1c(C)ccc1-c1ccco1. The van der Waals surface area contributed by atoms with Crippen LogP contribution < -0.4 is 0 Å². The Morgan fingerprint density at radius 1 is 1.33 bits per heavy atom. The Morgan fingerprint density at radius 2 is 2.20 bits per heavy atom. The average molecular weight is 205 g/mol. The lowest BCUT2D eigenvalue weighted by Crippen LogP contribution is -2.06. The molecule has 80 valence electrons. The van der Waals surface area contributed by atoms with Crippen molar-refractivity contribution in [2.24, 2.45) is 0 Å². The number of rotatable bonds is 4. The Balaban J connectivity index is 2.31. The number of aryl methyl sites for hydroxylation is 1. The molecule has 0 radical (unpaired) electrons. The van der Waals surface area contributed by atoms with Gasteiger partial charge in [-0.2, -0.15) is 0 Å². The zero-order valence-electron chi connectivity index (χ0n) is 9.06. The van der Waals surface area contributed by atoms with Crippen LogP contribution in [0.15, 0.2) is 34.9 Å². The molecule has 0 aliphatic rings. The van der Waals surface area contributed by atoms with Gasteiger partial charge < -0.3 is 13.7 Å². The van der Waals surface area contributed by atoms with Gasteiger partial charge in [-0.3, -0.25) is 0 Å². The molecule has 0 aliphatic heterocycles. The van der Waals surface area contributed by atoms with Crippen molar-refractivity contribution in [3.63, 3.8) is 0 Å². The van der Waals surface area contributed by atoms with Crippen molar-refractivity contribution in [2.75, 3.05) is 13.7 Å². The summed E-state index contributed by atoms with van der Waals surface area (Å²) in [6.45, 7) is 3.65.